The van der Waals surface area contributed by atoms with E-state index in [1.807, 2.05) is 20.8 Å². The van der Waals surface area contributed by atoms with Gasteiger partial charge >= 0.3 is 11.9 Å². The molecule has 0 aliphatic heterocycles. The van der Waals surface area contributed by atoms with Crippen molar-refractivity contribution < 1.29 is 23.8 Å². The molecule has 1 rings (SSSR count). The molecule has 27 heavy (non-hydrogen) atoms. The molecule has 1 aliphatic carbocycles. The van der Waals surface area contributed by atoms with Crippen LogP contribution in [0.15, 0.2) is 0 Å². The van der Waals surface area contributed by atoms with Crippen molar-refractivity contribution in [2.24, 2.45) is 11.8 Å². The molecule has 0 aromatic rings. The molecule has 1 fully saturated rings. The van der Waals surface area contributed by atoms with Gasteiger partial charge in [-0.1, -0.05) is 44.9 Å². The SMILES string of the molecule is CCCCC(CC)COC(=O)CSC(=S)O[C@H]1C[C@@H](C(=O)OC(C)(C)C)C1. The highest BCUT2D eigenvalue weighted by molar-refractivity contribution is 8.23. The van der Waals surface area contributed by atoms with Crippen LogP contribution in [-0.4, -0.2) is 40.4 Å². The van der Waals surface area contributed by atoms with Crippen molar-refractivity contribution >= 4 is 40.3 Å². The maximum atomic E-state index is 11.9. The van der Waals surface area contributed by atoms with E-state index in [1.54, 1.807) is 0 Å². The van der Waals surface area contributed by atoms with Gasteiger partial charge in [0, 0.05) is 0 Å². The van der Waals surface area contributed by atoms with Gasteiger partial charge in [0.15, 0.2) is 0 Å². The standard InChI is InChI=1S/C20H34O5S2/c1-6-8-9-14(7-2)12-23-17(21)13-27-19(26)24-16-10-15(11-16)18(22)25-20(3,4)5/h14-16H,6-13H2,1-5H3/t14?,15-,16+. The number of carbonyl (C=O) groups is 2. The smallest absolute Gasteiger partial charge is 0.316 e. The van der Waals surface area contributed by atoms with Gasteiger partial charge in [0.05, 0.1) is 18.3 Å². The fourth-order valence-corrected chi connectivity index (χ4v) is 3.51. The summed E-state index contributed by atoms with van der Waals surface area (Å²) in [5, 5.41) is 0. The summed E-state index contributed by atoms with van der Waals surface area (Å²) in [6.07, 6.45) is 5.57. The van der Waals surface area contributed by atoms with Crippen LogP contribution in [0.2, 0.25) is 0 Å². The van der Waals surface area contributed by atoms with Crippen molar-refractivity contribution in [3.8, 4) is 0 Å². The minimum absolute atomic E-state index is 0.0722. The van der Waals surface area contributed by atoms with E-state index in [-0.39, 0.29) is 29.7 Å². The molecule has 1 aliphatic rings. The third-order valence-electron chi connectivity index (χ3n) is 4.43. The molecule has 1 saturated carbocycles. The number of rotatable bonds is 10. The second-order valence-corrected chi connectivity index (χ2v) is 9.66. The Bertz CT molecular complexity index is 495. The maximum absolute atomic E-state index is 11.9. The molecule has 0 heterocycles. The first-order valence-electron chi connectivity index (χ1n) is 9.86. The van der Waals surface area contributed by atoms with Crippen LogP contribution in [-0.2, 0) is 23.8 Å². The van der Waals surface area contributed by atoms with E-state index in [4.69, 9.17) is 26.4 Å². The third kappa shape index (κ3) is 10.3. The van der Waals surface area contributed by atoms with E-state index in [2.05, 4.69) is 13.8 Å². The van der Waals surface area contributed by atoms with Crippen LogP contribution >= 0.6 is 24.0 Å². The number of ether oxygens (including phenoxy) is 3. The predicted molar refractivity (Wildman–Crippen MR) is 113 cm³/mol. The lowest BCUT2D eigenvalue weighted by atomic mass is 9.82. The molecule has 0 spiro atoms. The molecule has 0 saturated heterocycles. The molecule has 0 aromatic heterocycles. The summed E-state index contributed by atoms with van der Waals surface area (Å²) >= 11 is 6.35. The Hall–Kier alpha value is -0.820. The van der Waals surface area contributed by atoms with Gasteiger partial charge in [0.1, 0.15) is 11.7 Å². The number of unbranched alkanes of at least 4 members (excludes halogenated alkanes) is 1. The fraction of sp³-hybridized carbons (Fsp3) is 0.850. The lowest BCUT2D eigenvalue weighted by Crippen LogP contribution is -2.40. The number of hydrogen-bond donors (Lipinski definition) is 0. The number of esters is 2. The molecule has 1 unspecified atom stereocenters. The zero-order chi connectivity index (χ0) is 20.4. The van der Waals surface area contributed by atoms with Crippen molar-refractivity contribution in [1.29, 1.82) is 0 Å². The summed E-state index contributed by atoms with van der Waals surface area (Å²) in [4.78, 5) is 23.8. The van der Waals surface area contributed by atoms with Crippen LogP contribution in [0.1, 0.15) is 73.1 Å². The van der Waals surface area contributed by atoms with Crippen LogP contribution in [0.5, 0.6) is 0 Å². The third-order valence-corrected chi connectivity index (χ3v) is 5.59. The van der Waals surface area contributed by atoms with E-state index in [9.17, 15) is 9.59 Å². The fourth-order valence-electron chi connectivity index (χ4n) is 2.68. The van der Waals surface area contributed by atoms with Gasteiger partial charge in [-0.2, -0.15) is 0 Å². The predicted octanol–water partition coefficient (Wildman–Crippen LogP) is 4.90. The topological polar surface area (TPSA) is 61.8 Å². The first-order valence-corrected chi connectivity index (χ1v) is 11.3. The quantitative estimate of drug-likeness (QED) is 0.369. The van der Waals surface area contributed by atoms with Crippen molar-refractivity contribution in [3.05, 3.63) is 0 Å². The summed E-state index contributed by atoms with van der Waals surface area (Å²) in [6.45, 7) is 10.3. The molecule has 0 aromatic carbocycles. The molecule has 0 radical (unpaired) electrons. The Morgan fingerprint density at radius 2 is 1.89 bits per heavy atom. The van der Waals surface area contributed by atoms with E-state index < -0.39 is 5.60 Å². The number of carbonyl (C=O) groups excluding carboxylic acids is 2. The number of thiocarbonyl (C=S) groups is 1. The van der Waals surface area contributed by atoms with Crippen molar-refractivity contribution in [2.75, 3.05) is 12.4 Å². The Balaban J connectivity index is 2.16. The Labute approximate surface area is 173 Å². The highest BCUT2D eigenvalue weighted by atomic mass is 32.2. The highest BCUT2D eigenvalue weighted by Crippen LogP contribution is 2.33. The summed E-state index contributed by atoms with van der Waals surface area (Å²) in [6, 6.07) is 0. The average Bonchev–Trinajstić information content (AvgIpc) is 2.54. The summed E-state index contributed by atoms with van der Waals surface area (Å²) < 4.78 is 16.7. The molecular weight excluding hydrogens is 384 g/mol. The number of thioether (sulfide) groups is 1. The molecule has 0 N–H and O–H groups in total. The Morgan fingerprint density at radius 3 is 2.44 bits per heavy atom. The second-order valence-electron chi connectivity index (χ2n) is 8.08. The Morgan fingerprint density at radius 1 is 1.22 bits per heavy atom. The first kappa shape index (κ1) is 24.2. The van der Waals surface area contributed by atoms with E-state index in [0.29, 0.717) is 29.7 Å². The zero-order valence-corrected chi connectivity index (χ0v) is 18.9. The van der Waals surface area contributed by atoms with Gasteiger partial charge in [0.2, 0.25) is 4.38 Å². The van der Waals surface area contributed by atoms with Gasteiger partial charge in [-0.15, -0.1) is 0 Å². The van der Waals surface area contributed by atoms with Gasteiger partial charge in [-0.3, -0.25) is 9.59 Å². The van der Waals surface area contributed by atoms with Gasteiger partial charge in [-0.25, -0.2) is 0 Å². The van der Waals surface area contributed by atoms with E-state index in [1.165, 1.54) is 11.8 Å². The maximum Gasteiger partial charge on any atom is 0.316 e. The van der Waals surface area contributed by atoms with Gasteiger partial charge < -0.3 is 14.2 Å². The largest absolute Gasteiger partial charge is 0.475 e. The summed E-state index contributed by atoms with van der Waals surface area (Å²) in [5.74, 6) is 0.0211. The minimum Gasteiger partial charge on any atom is -0.475 e. The van der Waals surface area contributed by atoms with Crippen LogP contribution in [0.25, 0.3) is 0 Å². The first-order chi connectivity index (χ1) is 12.6. The van der Waals surface area contributed by atoms with Crippen molar-refractivity contribution in [3.63, 3.8) is 0 Å². The van der Waals surface area contributed by atoms with Gasteiger partial charge in [-0.05, 0) is 58.2 Å². The molecular formula is C20H34O5S2. The van der Waals surface area contributed by atoms with Crippen LogP contribution < -0.4 is 0 Å². The lowest BCUT2D eigenvalue weighted by molar-refractivity contribution is -0.166. The minimum atomic E-state index is -0.470. The van der Waals surface area contributed by atoms with E-state index in [0.717, 1.165) is 25.7 Å². The van der Waals surface area contributed by atoms with Crippen molar-refractivity contribution in [1.82, 2.24) is 0 Å². The number of hydrogen-bond acceptors (Lipinski definition) is 7. The van der Waals surface area contributed by atoms with Crippen molar-refractivity contribution in [2.45, 2.75) is 84.8 Å². The lowest BCUT2D eigenvalue weighted by Gasteiger charge is -2.35. The molecule has 0 amide bonds. The van der Waals surface area contributed by atoms with Crippen LogP contribution in [0.4, 0.5) is 0 Å². The van der Waals surface area contributed by atoms with Crippen LogP contribution in [0.3, 0.4) is 0 Å². The van der Waals surface area contributed by atoms with Gasteiger partial charge in [0.25, 0.3) is 0 Å². The summed E-state index contributed by atoms with van der Waals surface area (Å²) in [5.41, 5.74) is -0.470. The normalized spacial score (nSPS) is 20.3. The average molecular weight is 419 g/mol. The molecule has 7 heteroatoms. The Kier molecular flexibility index (Phi) is 10.7. The molecule has 0 bridgehead atoms. The molecule has 156 valence electrons. The van der Waals surface area contributed by atoms with E-state index >= 15 is 0 Å². The summed E-state index contributed by atoms with van der Waals surface area (Å²) in [7, 11) is 0. The zero-order valence-electron chi connectivity index (χ0n) is 17.2. The molecule has 5 nitrogen and oxygen atoms in total. The highest BCUT2D eigenvalue weighted by Gasteiger charge is 2.39. The van der Waals surface area contributed by atoms with Crippen LogP contribution in [0, 0.1) is 11.8 Å². The monoisotopic (exact) mass is 418 g/mol. The second kappa shape index (κ2) is 11.9. The molecule has 1 atom stereocenters.